The minimum Gasteiger partial charge on any atom is -0.347 e. The molecular formula is C36H42N2. The smallest absolute Gasteiger partial charge is 0.125 e. The molecule has 3 aromatic carbocycles. The topological polar surface area (TPSA) is 28.7 Å². The zero-order chi connectivity index (χ0) is 27.2. The third kappa shape index (κ3) is 4.06. The molecule has 2 heteroatoms. The van der Waals surface area contributed by atoms with E-state index in [1.807, 2.05) is 12.4 Å². The molecule has 4 aromatic rings. The van der Waals surface area contributed by atoms with E-state index >= 15 is 0 Å². The number of nitrogens with one attached hydrogen (secondary N) is 1. The summed E-state index contributed by atoms with van der Waals surface area (Å²) in [5.41, 5.74) is 11.8. The van der Waals surface area contributed by atoms with Gasteiger partial charge in [0.25, 0.3) is 0 Å². The highest BCUT2D eigenvalue weighted by molar-refractivity contribution is 5.92. The van der Waals surface area contributed by atoms with Crippen molar-refractivity contribution in [3.8, 4) is 0 Å². The van der Waals surface area contributed by atoms with Crippen molar-refractivity contribution in [3.63, 3.8) is 0 Å². The minimum atomic E-state index is -0.506. The van der Waals surface area contributed by atoms with E-state index in [0.29, 0.717) is 23.7 Å². The third-order valence-corrected chi connectivity index (χ3v) is 8.28. The number of aromatic amines is 1. The lowest BCUT2D eigenvalue weighted by Gasteiger charge is -2.34. The summed E-state index contributed by atoms with van der Waals surface area (Å²) in [6, 6.07) is 22.8. The molecule has 0 saturated carbocycles. The van der Waals surface area contributed by atoms with Gasteiger partial charge in [-0.3, -0.25) is 0 Å². The van der Waals surface area contributed by atoms with Crippen molar-refractivity contribution in [2.75, 3.05) is 0 Å². The Hall–Kier alpha value is -3.39. The lowest BCUT2D eigenvalue weighted by molar-refractivity contribution is 0.679. The molecule has 1 aliphatic rings. The van der Waals surface area contributed by atoms with Crippen LogP contribution in [0.3, 0.4) is 0 Å². The monoisotopic (exact) mass is 502 g/mol. The van der Waals surface area contributed by atoms with E-state index in [0.717, 1.165) is 5.82 Å². The molecule has 0 bridgehead atoms. The summed E-state index contributed by atoms with van der Waals surface area (Å²) in [6.45, 7) is 18.5. The number of benzene rings is 3. The van der Waals surface area contributed by atoms with E-state index in [2.05, 4.69) is 127 Å². The summed E-state index contributed by atoms with van der Waals surface area (Å²) < 4.78 is 0. The number of fused-ring (bicyclic) bond motifs is 1. The molecule has 0 aliphatic heterocycles. The number of hydrogen-bond donors (Lipinski definition) is 1. The summed E-state index contributed by atoms with van der Waals surface area (Å²) >= 11 is 0. The highest BCUT2D eigenvalue weighted by atomic mass is 14.9. The van der Waals surface area contributed by atoms with Crippen LogP contribution in [0.15, 0.2) is 79.1 Å². The SMILES string of the molecule is CC(C)c1cccc(C(C)C)c1C1=CC(c2ncc[nH]2)(c2c(C(C)C)cccc2C(C)C)c2ccccc21. The molecular weight excluding hydrogens is 460 g/mol. The number of H-pyrrole nitrogens is 1. The molecule has 0 fully saturated rings. The molecule has 2 nitrogen and oxygen atoms in total. The van der Waals surface area contributed by atoms with Gasteiger partial charge < -0.3 is 4.98 Å². The summed E-state index contributed by atoms with van der Waals surface area (Å²) in [4.78, 5) is 8.57. The molecule has 1 unspecified atom stereocenters. The van der Waals surface area contributed by atoms with E-state index in [4.69, 9.17) is 4.98 Å². The van der Waals surface area contributed by atoms with Gasteiger partial charge in [0.05, 0.1) is 5.41 Å². The van der Waals surface area contributed by atoms with Gasteiger partial charge in [0.1, 0.15) is 5.82 Å². The Morgan fingerprint density at radius 1 is 0.632 bits per heavy atom. The normalized spacial score (nSPS) is 17.1. The number of rotatable bonds is 7. The molecule has 0 radical (unpaired) electrons. The van der Waals surface area contributed by atoms with Crippen molar-refractivity contribution in [1.82, 2.24) is 9.97 Å². The van der Waals surface area contributed by atoms with Crippen LogP contribution >= 0.6 is 0 Å². The average Bonchev–Trinajstić information content (AvgIpc) is 3.55. The standard InChI is InChI=1S/C36H42N2/c1-22(2)26-14-11-15-27(23(3)4)33(26)31-21-36(35-37-19-20-38-35,32-18-10-9-13-30(31)32)34-28(24(5)6)16-12-17-29(34)25(7)8/h9-25H,1-8H3,(H,37,38). The lowest BCUT2D eigenvalue weighted by Crippen LogP contribution is -2.30. The second-order valence-electron chi connectivity index (χ2n) is 12.1. The molecule has 0 amide bonds. The second-order valence-corrected chi connectivity index (χ2v) is 12.1. The highest BCUT2D eigenvalue weighted by Crippen LogP contribution is 2.54. The minimum absolute atomic E-state index is 0.384. The van der Waals surface area contributed by atoms with Crippen molar-refractivity contribution >= 4 is 5.57 Å². The predicted molar refractivity (Wildman–Crippen MR) is 161 cm³/mol. The fourth-order valence-electron chi connectivity index (χ4n) is 6.51. The van der Waals surface area contributed by atoms with Crippen LogP contribution < -0.4 is 0 Å². The molecule has 1 atom stereocenters. The van der Waals surface area contributed by atoms with Gasteiger partial charge in [-0.2, -0.15) is 0 Å². The van der Waals surface area contributed by atoms with Gasteiger partial charge in [-0.25, -0.2) is 4.98 Å². The Morgan fingerprint density at radius 2 is 1.16 bits per heavy atom. The molecule has 1 aromatic heterocycles. The van der Waals surface area contributed by atoms with E-state index in [1.54, 1.807) is 0 Å². The number of imidazole rings is 1. The van der Waals surface area contributed by atoms with Gasteiger partial charge in [-0.1, -0.05) is 122 Å². The van der Waals surface area contributed by atoms with Crippen LogP contribution in [-0.2, 0) is 5.41 Å². The van der Waals surface area contributed by atoms with E-state index < -0.39 is 5.41 Å². The Morgan fingerprint density at radius 3 is 1.66 bits per heavy atom. The second kappa shape index (κ2) is 10.1. The first-order chi connectivity index (χ1) is 18.2. The maximum Gasteiger partial charge on any atom is 0.125 e. The van der Waals surface area contributed by atoms with Crippen LogP contribution in [0.2, 0.25) is 0 Å². The highest BCUT2D eigenvalue weighted by Gasteiger charge is 2.47. The van der Waals surface area contributed by atoms with E-state index in [9.17, 15) is 0 Å². The van der Waals surface area contributed by atoms with Gasteiger partial charge in [-0.15, -0.1) is 0 Å². The number of aromatic nitrogens is 2. The van der Waals surface area contributed by atoms with Gasteiger partial charge in [-0.05, 0) is 73.8 Å². The molecule has 38 heavy (non-hydrogen) atoms. The first kappa shape index (κ1) is 26.2. The number of allylic oxidation sites excluding steroid dienone is 1. The largest absolute Gasteiger partial charge is 0.347 e. The summed E-state index contributed by atoms with van der Waals surface area (Å²) in [5.74, 6) is 2.60. The van der Waals surface area contributed by atoms with Gasteiger partial charge in [0, 0.05) is 12.4 Å². The molecule has 196 valence electrons. The molecule has 1 aliphatic carbocycles. The third-order valence-electron chi connectivity index (χ3n) is 8.28. The van der Waals surface area contributed by atoms with Crippen LogP contribution in [0.4, 0.5) is 0 Å². The number of nitrogens with zero attached hydrogens (tertiary/aromatic N) is 1. The van der Waals surface area contributed by atoms with Crippen molar-refractivity contribution in [2.45, 2.75) is 84.5 Å². The Labute approximate surface area is 229 Å². The Bertz CT molecular complexity index is 1410. The fraction of sp³-hybridized carbons (Fsp3) is 0.361. The van der Waals surface area contributed by atoms with Crippen molar-refractivity contribution in [2.24, 2.45) is 0 Å². The average molecular weight is 503 g/mol. The molecule has 1 heterocycles. The van der Waals surface area contributed by atoms with E-state index in [1.165, 1.54) is 50.1 Å². The van der Waals surface area contributed by atoms with Crippen LogP contribution in [0.5, 0.6) is 0 Å². The van der Waals surface area contributed by atoms with Crippen molar-refractivity contribution in [1.29, 1.82) is 0 Å². The molecule has 0 saturated heterocycles. The first-order valence-corrected chi connectivity index (χ1v) is 14.3. The van der Waals surface area contributed by atoms with Crippen LogP contribution in [0, 0.1) is 0 Å². The summed E-state index contributed by atoms with van der Waals surface area (Å²) in [6.07, 6.45) is 6.43. The fourth-order valence-corrected chi connectivity index (χ4v) is 6.51. The maximum atomic E-state index is 4.99. The van der Waals surface area contributed by atoms with Crippen molar-refractivity contribution < 1.29 is 0 Å². The molecule has 5 rings (SSSR count). The van der Waals surface area contributed by atoms with Crippen LogP contribution in [0.1, 0.15) is 129 Å². The predicted octanol–water partition coefficient (Wildman–Crippen LogP) is 9.68. The molecule has 0 spiro atoms. The number of hydrogen-bond acceptors (Lipinski definition) is 1. The van der Waals surface area contributed by atoms with Gasteiger partial charge in [0.15, 0.2) is 0 Å². The Kier molecular flexibility index (Phi) is 6.94. The summed E-state index contributed by atoms with van der Waals surface area (Å²) in [5, 5.41) is 0. The first-order valence-electron chi connectivity index (χ1n) is 14.3. The van der Waals surface area contributed by atoms with Crippen molar-refractivity contribution in [3.05, 3.63) is 129 Å². The molecule has 1 N–H and O–H groups in total. The van der Waals surface area contributed by atoms with Crippen LogP contribution in [0.25, 0.3) is 5.57 Å². The Balaban J connectivity index is 1.99. The maximum absolute atomic E-state index is 4.99. The summed E-state index contributed by atoms with van der Waals surface area (Å²) in [7, 11) is 0. The van der Waals surface area contributed by atoms with Gasteiger partial charge in [0.2, 0.25) is 0 Å². The quantitative estimate of drug-likeness (QED) is 0.268. The zero-order valence-corrected chi connectivity index (χ0v) is 24.3. The van der Waals surface area contributed by atoms with Gasteiger partial charge >= 0.3 is 0 Å². The van der Waals surface area contributed by atoms with Crippen LogP contribution in [-0.4, -0.2) is 9.97 Å². The zero-order valence-electron chi connectivity index (χ0n) is 24.3. The lowest BCUT2D eigenvalue weighted by atomic mass is 9.69. The van der Waals surface area contributed by atoms with E-state index in [-0.39, 0.29) is 0 Å².